The second-order valence-electron chi connectivity index (χ2n) is 8.97. The van der Waals surface area contributed by atoms with E-state index >= 15 is 0 Å². The summed E-state index contributed by atoms with van der Waals surface area (Å²) in [7, 11) is 0. The molecule has 1 fully saturated rings. The van der Waals surface area contributed by atoms with Crippen LogP contribution in [0.15, 0.2) is 84.7 Å². The molecule has 4 rings (SSSR count). The molecule has 0 saturated carbocycles. The third kappa shape index (κ3) is 6.34. The molecule has 1 N–H and O–H groups in total. The van der Waals surface area contributed by atoms with Gasteiger partial charge in [-0.25, -0.2) is 9.69 Å². The summed E-state index contributed by atoms with van der Waals surface area (Å²) in [5.74, 6) is -1.36. The largest absolute Gasteiger partial charge is 0.482 e. The van der Waals surface area contributed by atoms with E-state index in [4.69, 9.17) is 19.3 Å². The van der Waals surface area contributed by atoms with Gasteiger partial charge in [0.05, 0.1) is 31.8 Å². The Kier molecular flexibility index (Phi) is 8.87. The number of hydrogen-bond donors (Lipinski definition) is 1. The summed E-state index contributed by atoms with van der Waals surface area (Å²) in [6, 6.07) is 18.0. The van der Waals surface area contributed by atoms with Crippen LogP contribution in [0.4, 0.5) is 4.79 Å². The van der Waals surface area contributed by atoms with Gasteiger partial charge in [-0.3, -0.25) is 9.59 Å². The van der Waals surface area contributed by atoms with Crippen molar-refractivity contribution in [1.82, 2.24) is 4.90 Å². The first-order valence-electron chi connectivity index (χ1n) is 12.4. The van der Waals surface area contributed by atoms with Crippen molar-refractivity contribution in [3.8, 4) is 0 Å². The van der Waals surface area contributed by atoms with Crippen LogP contribution >= 0.6 is 0 Å². The number of aliphatic hydroxyl groups is 1. The number of amides is 2. The van der Waals surface area contributed by atoms with Gasteiger partial charge in [0.2, 0.25) is 5.91 Å². The highest BCUT2D eigenvalue weighted by atomic mass is 16.6. The second-order valence-corrected chi connectivity index (χ2v) is 8.97. The minimum atomic E-state index is -1.10. The first-order valence-corrected chi connectivity index (χ1v) is 12.4. The third-order valence-electron chi connectivity index (χ3n) is 6.42. The molecule has 0 aromatic heterocycles. The van der Waals surface area contributed by atoms with E-state index in [1.165, 1.54) is 6.08 Å². The van der Waals surface area contributed by atoms with Crippen molar-refractivity contribution in [2.24, 2.45) is 5.92 Å². The van der Waals surface area contributed by atoms with Crippen LogP contribution < -0.4 is 0 Å². The fourth-order valence-corrected chi connectivity index (χ4v) is 4.57. The van der Waals surface area contributed by atoms with Crippen molar-refractivity contribution in [3.63, 3.8) is 0 Å². The Morgan fingerprint density at radius 2 is 1.73 bits per heavy atom. The Morgan fingerprint density at radius 3 is 2.43 bits per heavy atom. The summed E-state index contributed by atoms with van der Waals surface area (Å²) < 4.78 is 16.9. The maximum Gasteiger partial charge on any atom is 0.417 e. The SMILES string of the molecule is C[C@H]1[C@@H](c2ccccc2)OC(=O)N1C(=O)[C@@H](Cc1ccccc1)[C@@H]1OC(=CCCOCCO)C=CC1=O. The number of ether oxygens (including phenoxy) is 3. The van der Waals surface area contributed by atoms with Crippen LogP contribution in [0.2, 0.25) is 0 Å². The Morgan fingerprint density at radius 1 is 1.03 bits per heavy atom. The lowest BCUT2D eigenvalue weighted by molar-refractivity contribution is -0.143. The summed E-state index contributed by atoms with van der Waals surface area (Å²) in [5.41, 5.74) is 1.63. The fourth-order valence-electron chi connectivity index (χ4n) is 4.57. The maximum atomic E-state index is 13.9. The molecule has 0 spiro atoms. The summed E-state index contributed by atoms with van der Waals surface area (Å²) in [5, 5.41) is 8.84. The molecule has 37 heavy (non-hydrogen) atoms. The van der Waals surface area contributed by atoms with Gasteiger partial charge in [0.25, 0.3) is 0 Å². The van der Waals surface area contributed by atoms with Crippen LogP contribution in [-0.2, 0) is 30.2 Å². The summed E-state index contributed by atoms with van der Waals surface area (Å²) in [4.78, 5) is 41.0. The number of imide groups is 1. The van der Waals surface area contributed by atoms with E-state index in [-0.39, 0.29) is 25.4 Å². The molecule has 0 bridgehead atoms. The molecule has 2 aromatic rings. The number of aliphatic hydroxyl groups excluding tert-OH is 1. The number of hydrogen-bond acceptors (Lipinski definition) is 7. The summed E-state index contributed by atoms with van der Waals surface area (Å²) in [6.07, 6.45) is 3.02. The van der Waals surface area contributed by atoms with Crippen molar-refractivity contribution in [2.75, 3.05) is 19.8 Å². The fraction of sp³-hybridized carbons (Fsp3) is 0.345. The topological polar surface area (TPSA) is 102 Å². The van der Waals surface area contributed by atoms with Gasteiger partial charge in [0, 0.05) is 0 Å². The second kappa shape index (κ2) is 12.5. The molecular formula is C29H31NO7. The van der Waals surface area contributed by atoms with E-state index in [0.29, 0.717) is 18.8 Å². The lowest BCUT2D eigenvalue weighted by Crippen LogP contribution is -2.48. The monoisotopic (exact) mass is 505 g/mol. The van der Waals surface area contributed by atoms with Crippen molar-refractivity contribution >= 4 is 17.8 Å². The molecule has 2 amide bonds. The standard InChI is InChI=1S/C29H31NO7/c1-20-26(22-11-6-3-7-12-22)37-29(34)30(20)28(33)24(19-21-9-4-2-5-10-21)27-25(32)15-14-23(36-27)13-8-17-35-18-16-31/h2-7,9-15,20,24,26-27,31H,8,16-19H2,1H3/t20-,24-,26-,27-/m0/s1. The van der Waals surface area contributed by atoms with Crippen molar-refractivity contribution in [3.05, 3.63) is 95.8 Å². The summed E-state index contributed by atoms with van der Waals surface area (Å²) in [6.45, 7) is 2.32. The van der Waals surface area contributed by atoms with E-state index in [2.05, 4.69) is 0 Å². The van der Waals surface area contributed by atoms with Gasteiger partial charge in [-0.1, -0.05) is 60.7 Å². The molecule has 194 valence electrons. The number of benzene rings is 2. The van der Waals surface area contributed by atoms with E-state index < -0.39 is 36.2 Å². The van der Waals surface area contributed by atoms with E-state index in [0.717, 1.165) is 16.0 Å². The molecule has 8 nitrogen and oxygen atoms in total. The predicted octanol–water partition coefficient (Wildman–Crippen LogP) is 3.76. The van der Waals surface area contributed by atoms with Crippen molar-refractivity contribution < 1.29 is 33.7 Å². The molecule has 2 heterocycles. The first-order chi connectivity index (χ1) is 18.0. The molecule has 0 unspecified atom stereocenters. The zero-order valence-electron chi connectivity index (χ0n) is 20.7. The Hall–Kier alpha value is -3.75. The number of allylic oxidation sites excluding steroid dienone is 1. The Balaban J connectivity index is 1.58. The number of ketones is 1. The Bertz CT molecular complexity index is 1150. The number of carbonyl (C=O) groups excluding carboxylic acids is 3. The smallest absolute Gasteiger partial charge is 0.417 e. The minimum Gasteiger partial charge on any atom is -0.482 e. The number of carbonyl (C=O) groups is 3. The van der Waals surface area contributed by atoms with Crippen molar-refractivity contribution in [2.45, 2.75) is 38.0 Å². The zero-order valence-corrected chi connectivity index (χ0v) is 20.7. The van der Waals surface area contributed by atoms with Gasteiger partial charge in [-0.15, -0.1) is 0 Å². The molecule has 1 saturated heterocycles. The number of rotatable bonds is 10. The minimum absolute atomic E-state index is 0.0602. The molecule has 2 aliphatic rings. The quantitative estimate of drug-likeness (QED) is 0.491. The molecule has 0 aliphatic carbocycles. The van der Waals surface area contributed by atoms with Gasteiger partial charge >= 0.3 is 6.09 Å². The van der Waals surface area contributed by atoms with Crippen LogP contribution in [0, 0.1) is 5.92 Å². The first kappa shape index (κ1) is 26.3. The van der Waals surface area contributed by atoms with E-state index in [1.54, 1.807) is 19.1 Å². The van der Waals surface area contributed by atoms with Gasteiger partial charge in [0.15, 0.2) is 11.9 Å². The highest BCUT2D eigenvalue weighted by Gasteiger charge is 2.48. The van der Waals surface area contributed by atoms with Crippen molar-refractivity contribution in [1.29, 1.82) is 0 Å². The van der Waals surface area contributed by atoms with Crippen LogP contribution in [-0.4, -0.2) is 59.8 Å². The maximum absolute atomic E-state index is 13.9. The average Bonchev–Trinajstić information content (AvgIpc) is 3.22. The third-order valence-corrected chi connectivity index (χ3v) is 6.42. The molecule has 8 heteroatoms. The van der Waals surface area contributed by atoms with Crippen LogP contribution in [0.25, 0.3) is 0 Å². The highest BCUT2D eigenvalue weighted by molar-refractivity contribution is 6.02. The van der Waals surface area contributed by atoms with Crippen LogP contribution in [0.1, 0.15) is 30.6 Å². The van der Waals surface area contributed by atoms with E-state index in [9.17, 15) is 14.4 Å². The van der Waals surface area contributed by atoms with E-state index in [1.807, 2.05) is 60.7 Å². The molecule has 4 atom stereocenters. The normalized spacial score (nSPS) is 23.1. The molecular weight excluding hydrogens is 474 g/mol. The number of nitrogens with zero attached hydrogens (tertiary/aromatic N) is 1. The Labute approximate surface area is 216 Å². The summed E-state index contributed by atoms with van der Waals surface area (Å²) >= 11 is 0. The highest BCUT2D eigenvalue weighted by Crippen LogP contribution is 2.35. The van der Waals surface area contributed by atoms with Gasteiger partial charge in [-0.2, -0.15) is 0 Å². The van der Waals surface area contributed by atoms with Crippen LogP contribution in [0.5, 0.6) is 0 Å². The average molecular weight is 506 g/mol. The number of cyclic esters (lactones) is 1. The molecule has 2 aliphatic heterocycles. The predicted molar refractivity (Wildman–Crippen MR) is 135 cm³/mol. The zero-order chi connectivity index (χ0) is 26.2. The van der Waals surface area contributed by atoms with Gasteiger partial charge < -0.3 is 19.3 Å². The molecule has 0 radical (unpaired) electrons. The van der Waals surface area contributed by atoms with Gasteiger partial charge in [0.1, 0.15) is 11.9 Å². The lowest BCUT2D eigenvalue weighted by Gasteiger charge is -2.31. The lowest BCUT2D eigenvalue weighted by atomic mass is 9.88. The molecule has 2 aromatic carbocycles. The van der Waals surface area contributed by atoms with Gasteiger partial charge in [-0.05, 0) is 49.1 Å². The van der Waals surface area contributed by atoms with Crippen LogP contribution in [0.3, 0.4) is 0 Å².